The number of ether oxygens (including phenoxy) is 2. The molecular weight excluding hydrogens is 306 g/mol. The van der Waals surface area contributed by atoms with Gasteiger partial charge in [0.2, 0.25) is 0 Å². The molecule has 0 N–H and O–H groups in total. The topological polar surface area (TPSA) is 72.2 Å². The molecule has 116 valence electrons. The number of hydrogen-bond donors (Lipinski definition) is 0. The third kappa shape index (κ3) is 2.48. The maximum absolute atomic E-state index is 12.6. The lowest BCUT2D eigenvalue weighted by Crippen LogP contribution is -2.07. The summed E-state index contributed by atoms with van der Waals surface area (Å²) < 4.78 is 34.8. The Morgan fingerprint density at radius 3 is 2.78 bits per heavy atom. The number of fused-ring (bicyclic) bond motifs is 1. The fraction of sp³-hybridized carbons (Fsp3) is 0.188. The van der Waals surface area contributed by atoms with Crippen molar-refractivity contribution in [2.24, 2.45) is 0 Å². The van der Waals surface area contributed by atoms with Gasteiger partial charge in [0.1, 0.15) is 18.4 Å². The first-order valence-electron chi connectivity index (χ1n) is 6.67. The summed E-state index contributed by atoms with van der Waals surface area (Å²) in [6, 6.07) is 7.98. The minimum absolute atomic E-state index is 0.00835. The van der Waals surface area contributed by atoms with Gasteiger partial charge in [0.15, 0.2) is 0 Å². The lowest BCUT2D eigenvalue weighted by Gasteiger charge is -2.14. The minimum Gasteiger partial charge on any atom is -0.455 e. The van der Waals surface area contributed by atoms with Crippen LogP contribution in [-0.2, 0) is 11.3 Å². The van der Waals surface area contributed by atoms with E-state index in [4.69, 9.17) is 4.74 Å². The molecule has 0 radical (unpaired) electrons. The molecule has 0 saturated heterocycles. The number of para-hydroxylation sites is 1. The minimum atomic E-state index is -3.02. The van der Waals surface area contributed by atoms with Gasteiger partial charge in [-0.15, -0.1) is 0 Å². The number of carbonyl (C=O) groups excluding carboxylic acids is 1. The van der Waals surface area contributed by atoms with Gasteiger partial charge in [-0.1, -0.05) is 18.2 Å². The van der Waals surface area contributed by atoms with Gasteiger partial charge in [-0.25, -0.2) is 4.79 Å². The molecule has 3 rings (SSSR count). The highest BCUT2D eigenvalue weighted by Gasteiger charge is 2.31. The molecule has 1 aromatic carbocycles. The summed E-state index contributed by atoms with van der Waals surface area (Å²) in [5, 5.41) is 9.42. The number of hydrogen-bond acceptors (Lipinski definition) is 5. The number of benzene rings is 1. The first kappa shape index (κ1) is 14.9. The molecule has 0 aliphatic carbocycles. The predicted molar refractivity (Wildman–Crippen MR) is 74.9 cm³/mol. The number of rotatable bonds is 3. The Bertz CT molecular complexity index is 844. The molecule has 1 aliphatic heterocycles. The van der Waals surface area contributed by atoms with Crippen molar-refractivity contribution in [3.63, 3.8) is 0 Å². The number of aromatic nitrogens is 1. The molecule has 0 bridgehead atoms. The Balaban J connectivity index is 2.33. The lowest BCUT2D eigenvalue weighted by molar-refractivity contribution is -0.0494. The molecule has 7 heteroatoms. The van der Waals surface area contributed by atoms with E-state index in [0.717, 1.165) is 0 Å². The molecule has 23 heavy (non-hydrogen) atoms. The van der Waals surface area contributed by atoms with E-state index in [-0.39, 0.29) is 34.6 Å². The van der Waals surface area contributed by atoms with Crippen molar-refractivity contribution in [1.29, 1.82) is 5.26 Å². The van der Waals surface area contributed by atoms with Gasteiger partial charge in [0.25, 0.3) is 0 Å². The third-order valence-electron chi connectivity index (χ3n) is 3.48. The van der Waals surface area contributed by atoms with Crippen molar-refractivity contribution in [1.82, 2.24) is 4.98 Å². The lowest BCUT2D eigenvalue weighted by atomic mass is 9.93. The number of cyclic esters (lactones) is 1. The summed E-state index contributed by atoms with van der Waals surface area (Å²) in [6.07, 6.45) is 0. The van der Waals surface area contributed by atoms with Crippen molar-refractivity contribution in [2.45, 2.75) is 20.1 Å². The van der Waals surface area contributed by atoms with E-state index in [2.05, 4.69) is 9.72 Å². The molecule has 5 nitrogen and oxygen atoms in total. The summed E-state index contributed by atoms with van der Waals surface area (Å²) in [5.41, 5.74) is 1.48. The van der Waals surface area contributed by atoms with Crippen LogP contribution in [0.15, 0.2) is 24.3 Å². The number of halogens is 2. The van der Waals surface area contributed by atoms with Crippen molar-refractivity contribution in [3.8, 4) is 22.9 Å². The van der Waals surface area contributed by atoms with Gasteiger partial charge < -0.3 is 9.47 Å². The summed E-state index contributed by atoms with van der Waals surface area (Å²) in [6.45, 7) is -1.42. The SMILES string of the molecule is Cc1nc2c(c(-c3ccccc3OC(F)F)c1C#N)C(=O)OC2. The van der Waals surface area contributed by atoms with Crippen LogP contribution in [0.3, 0.4) is 0 Å². The fourth-order valence-corrected chi connectivity index (χ4v) is 2.57. The van der Waals surface area contributed by atoms with Crippen LogP contribution in [0.25, 0.3) is 11.1 Å². The van der Waals surface area contributed by atoms with E-state index in [9.17, 15) is 18.8 Å². The van der Waals surface area contributed by atoms with Gasteiger partial charge in [0.05, 0.1) is 22.5 Å². The molecule has 0 amide bonds. The molecule has 0 fully saturated rings. The normalized spacial score (nSPS) is 12.7. The van der Waals surface area contributed by atoms with Crippen LogP contribution in [0.4, 0.5) is 8.78 Å². The van der Waals surface area contributed by atoms with Crippen molar-refractivity contribution < 1.29 is 23.0 Å². The molecule has 0 unspecified atom stereocenters. The number of nitriles is 1. The predicted octanol–water partition coefficient (Wildman–Crippen LogP) is 3.20. The quantitative estimate of drug-likeness (QED) is 0.813. The fourth-order valence-electron chi connectivity index (χ4n) is 2.57. The summed E-state index contributed by atoms with van der Waals surface area (Å²) >= 11 is 0. The van der Waals surface area contributed by atoms with E-state index in [1.807, 2.05) is 6.07 Å². The summed E-state index contributed by atoms with van der Waals surface area (Å²) in [7, 11) is 0. The van der Waals surface area contributed by atoms with Crippen LogP contribution in [0.2, 0.25) is 0 Å². The highest BCUT2D eigenvalue weighted by molar-refractivity contribution is 6.02. The molecule has 2 heterocycles. The van der Waals surface area contributed by atoms with E-state index < -0.39 is 12.6 Å². The van der Waals surface area contributed by atoms with E-state index in [1.165, 1.54) is 18.2 Å². The zero-order valence-corrected chi connectivity index (χ0v) is 12.0. The Labute approximate surface area is 130 Å². The largest absolute Gasteiger partial charge is 0.455 e. The third-order valence-corrected chi connectivity index (χ3v) is 3.48. The highest BCUT2D eigenvalue weighted by Crippen LogP contribution is 2.39. The average Bonchev–Trinajstić information content (AvgIpc) is 2.87. The first-order chi connectivity index (χ1) is 11.0. The summed E-state index contributed by atoms with van der Waals surface area (Å²) in [4.78, 5) is 16.2. The maximum atomic E-state index is 12.6. The van der Waals surface area contributed by atoms with Gasteiger partial charge in [-0.2, -0.15) is 14.0 Å². The van der Waals surface area contributed by atoms with E-state index >= 15 is 0 Å². The van der Waals surface area contributed by atoms with E-state index in [0.29, 0.717) is 11.4 Å². The van der Waals surface area contributed by atoms with Crippen molar-refractivity contribution in [2.75, 3.05) is 0 Å². The van der Waals surface area contributed by atoms with Crippen LogP contribution < -0.4 is 4.74 Å². The second-order valence-corrected chi connectivity index (χ2v) is 4.83. The monoisotopic (exact) mass is 316 g/mol. The highest BCUT2D eigenvalue weighted by atomic mass is 19.3. The van der Waals surface area contributed by atoms with Gasteiger partial charge >= 0.3 is 12.6 Å². The number of aryl methyl sites for hydroxylation is 1. The molecule has 0 saturated carbocycles. The van der Waals surface area contributed by atoms with Gasteiger partial charge in [-0.05, 0) is 13.0 Å². The Kier molecular flexibility index (Phi) is 3.66. The second kappa shape index (κ2) is 5.65. The Hall–Kier alpha value is -3.01. The number of pyridine rings is 1. The van der Waals surface area contributed by atoms with Crippen LogP contribution in [-0.4, -0.2) is 17.6 Å². The van der Waals surface area contributed by atoms with E-state index in [1.54, 1.807) is 13.0 Å². The molecular formula is C16H10F2N2O3. The van der Waals surface area contributed by atoms with Gasteiger partial charge in [0, 0.05) is 11.1 Å². The van der Waals surface area contributed by atoms with Gasteiger partial charge in [-0.3, -0.25) is 4.98 Å². The van der Waals surface area contributed by atoms with Crippen LogP contribution in [0.5, 0.6) is 5.75 Å². The molecule has 0 spiro atoms. The van der Waals surface area contributed by atoms with Crippen LogP contribution in [0.1, 0.15) is 27.3 Å². The number of nitrogens with zero attached hydrogens (tertiary/aromatic N) is 2. The smallest absolute Gasteiger partial charge is 0.387 e. The number of carbonyl (C=O) groups is 1. The molecule has 1 aliphatic rings. The number of esters is 1. The average molecular weight is 316 g/mol. The molecule has 1 aromatic heterocycles. The van der Waals surface area contributed by atoms with Crippen LogP contribution >= 0.6 is 0 Å². The summed E-state index contributed by atoms with van der Waals surface area (Å²) in [5.74, 6) is -0.752. The zero-order valence-electron chi connectivity index (χ0n) is 12.0. The standard InChI is InChI=1S/C16H10F2N2O3/c1-8-10(6-19)13(14-11(20-8)7-22-15(14)21)9-4-2-3-5-12(9)23-16(17)18/h2-5,16H,7H2,1H3. The van der Waals surface area contributed by atoms with Crippen molar-refractivity contribution in [3.05, 3.63) is 46.8 Å². The second-order valence-electron chi connectivity index (χ2n) is 4.83. The van der Waals surface area contributed by atoms with Crippen LogP contribution in [0, 0.1) is 18.3 Å². The zero-order chi connectivity index (χ0) is 16.6. The maximum Gasteiger partial charge on any atom is 0.387 e. The molecule has 2 aromatic rings. The first-order valence-corrected chi connectivity index (χ1v) is 6.67. The Morgan fingerprint density at radius 2 is 2.09 bits per heavy atom. The number of alkyl halides is 2. The molecule has 0 atom stereocenters. The van der Waals surface area contributed by atoms with Crippen molar-refractivity contribution >= 4 is 5.97 Å². The Morgan fingerprint density at radius 1 is 1.35 bits per heavy atom.